The van der Waals surface area contributed by atoms with E-state index < -0.39 is 96.9 Å². The molecule has 11 nitrogen and oxygen atoms in total. The number of hydrogen-bond acceptors (Lipinski definition) is 8. The highest BCUT2D eigenvalue weighted by molar-refractivity contribution is 14.1. The number of halogens is 8. The maximum atomic E-state index is 15.4. The summed E-state index contributed by atoms with van der Waals surface area (Å²) in [6.07, 6.45) is -2.60. The van der Waals surface area contributed by atoms with E-state index in [1.807, 2.05) is 0 Å². The number of pyridine rings is 1. The van der Waals surface area contributed by atoms with Crippen molar-refractivity contribution in [3.8, 4) is 23.0 Å². The summed E-state index contributed by atoms with van der Waals surface area (Å²) in [6, 6.07) is 6.44. The Labute approximate surface area is 341 Å². The molecule has 0 aliphatic heterocycles. The Kier molecular flexibility index (Phi) is 11.7. The molecule has 2 aliphatic carbocycles. The van der Waals surface area contributed by atoms with E-state index in [9.17, 15) is 40.3 Å². The molecule has 0 spiro atoms. The molecule has 20 heteroatoms. The van der Waals surface area contributed by atoms with Crippen LogP contribution in [0.25, 0.3) is 22.0 Å². The Hall–Kier alpha value is -4.75. The number of sulfonamides is 1. The summed E-state index contributed by atoms with van der Waals surface area (Å²) in [4.78, 5) is 22.3. The first kappa shape index (κ1) is 42.8. The first-order chi connectivity index (χ1) is 26.9. The molecular weight excluding hydrogens is 910 g/mol. The fraction of sp³-hybridized carbons (Fsp3) is 0.368. The van der Waals surface area contributed by atoms with Crippen LogP contribution in [0.15, 0.2) is 58.7 Å². The number of nitrogens with zero attached hydrogens (tertiary/aromatic N) is 4. The molecule has 1 amide bonds. The average Bonchev–Trinajstić information content (AvgIpc) is 3.79. The van der Waals surface area contributed by atoms with Gasteiger partial charge in [0.15, 0.2) is 10.00 Å². The van der Waals surface area contributed by atoms with Gasteiger partial charge in [-0.15, -0.1) is 0 Å². The number of nitrogens with one attached hydrogen (secondary N) is 2. The van der Waals surface area contributed by atoms with Gasteiger partial charge in [0.2, 0.25) is 15.9 Å². The summed E-state index contributed by atoms with van der Waals surface area (Å²) in [5, 5.41) is 16.8. The summed E-state index contributed by atoms with van der Waals surface area (Å²) in [7, 11) is -2.65. The number of rotatable bonds is 11. The van der Waals surface area contributed by atoms with Crippen molar-refractivity contribution in [1.29, 1.82) is 0 Å². The molecule has 0 bridgehead atoms. The SMILES string of the molecule is Cn1nc(NS(C)(=O)=O)c2c(C(F)F)ccc(-c3ccc(C#CC(C)(C)O)nc3[C@H](Cc3cc(F)cc(F)c3)NC(=O)CN=C3C(=C(N)C(F)I)[C@H]4C[C@H]4C3(F)F)c21. The molecule has 0 saturated heterocycles. The van der Waals surface area contributed by atoms with E-state index >= 15 is 8.78 Å². The highest BCUT2D eigenvalue weighted by atomic mass is 127. The normalized spacial score (nSPS) is 20.1. The Bertz CT molecular complexity index is 2540. The summed E-state index contributed by atoms with van der Waals surface area (Å²) < 4.78 is 129. The third-order valence-corrected chi connectivity index (χ3v) is 10.6. The molecule has 2 heterocycles. The quantitative estimate of drug-likeness (QED) is 0.0584. The van der Waals surface area contributed by atoms with Gasteiger partial charge in [0.1, 0.15) is 35.2 Å². The Morgan fingerprint density at radius 1 is 1.14 bits per heavy atom. The molecule has 5 N–H and O–H groups in total. The van der Waals surface area contributed by atoms with Crippen LogP contribution in [-0.4, -0.2) is 68.4 Å². The zero-order chi connectivity index (χ0) is 42.6. The minimum absolute atomic E-state index is 0.00373. The zero-order valence-corrected chi connectivity index (χ0v) is 34.0. The minimum Gasteiger partial charge on any atom is -0.399 e. The van der Waals surface area contributed by atoms with Crippen molar-refractivity contribution in [2.24, 2.45) is 29.6 Å². The number of allylic oxidation sites excluding steroid dienone is 2. The van der Waals surface area contributed by atoms with Gasteiger partial charge >= 0.3 is 0 Å². The summed E-state index contributed by atoms with van der Waals surface area (Å²) in [6.45, 7) is 1.89. The fourth-order valence-corrected chi connectivity index (χ4v) is 7.85. The summed E-state index contributed by atoms with van der Waals surface area (Å²) in [5.74, 6) is -3.38. The average molecular weight is 946 g/mol. The highest BCUT2D eigenvalue weighted by Gasteiger charge is 2.67. The molecule has 0 radical (unpaired) electrons. The van der Waals surface area contributed by atoms with E-state index in [0.29, 0.717) is 6.07 Å². The lowest BCUT2D eigenvalue weighted by molar-refractivity contribution is -0.120. The van der Waals surface area contributed by atoms with E-state index in [4.69, 9.17) is 5.73 Å². The van der Waals surface area contributed by atoms with E-state index in [1.165, 1.54) is 61.7 Å². The Balaban J connectivity index is 1.53. The summed E-state index contributed by atoms with van der Waals surface area (Å²) in [5.41, 5.74) is 2.61. The molecule has 4 aromatic rings. The number of benzene rings is 2. The van der Waals surface area contributed by atoms with E-state index in [-0.39, 0.29) is 57.4 Å². The molecule has 58 heavy (non-hydrogen) atoms. The molecular formula is C38H35F7IN7O4S. The lowest BCUT2D eigenvalue weighted by Crippen LogP contribution is -2.35. The van der Waals surface area contributed by atoms with Gasteiger partial charge in [-0.05, 0) is 90.9 Å². The van der Waals surface area contributed by atoms with Crippen LogP contribution in [0.2, 0.25) is 0 Å². The van der Waals surface area contributed by atoms with Crippen LogP contribution < -0.4 is 15.8 Å². The number of nitrogens with two attached hydrogens (primary N) is 1. The predicted molar refractivity (Wildman–Crippen MR) is 210 cm³/mol. The third kappa shape index (κ3) is 9.10. The molecule has 2 aromatic heterocycles. The standard InChI is InChI=1S/C38H35F7IN7O4S/c1-37(2,55)10-9-20-5-6-21(22-7-8-23(34(41)42)29-32(22)53(3)51-36(29)52-58(4,56)57)31(49-20)26(13-17-11-18(39)14-19(40)12-17)50-27(54)16-48-33-28(30(47)35(43)46)24-15-25(24)38(33,44)45/h5-8,11-12,14,24-26,34-35,55H,13,15-16,47H2,1-4H3,(H,50,54)(H,51,52)/t24-,25+,26-,35?/m0/s1. The Morgan fingerprint density at radius 2 is 1.79 bits per heavy atom. The lowest BCUT2D eigenvalue weighted by Gasteiger charge is -2.23. The number of fused-ring (bicyclic) bond motifs is 2. The third-order valence-electron chi connectivity index (χ3n) is 9.40. The van der Waals surface area contributed by atoms with Gasteiger partial charge in [-0.2, -0.15) is 13.9 Å². The van der Waals surface area contributed by atoms with Crippen molar-refractivity contribution in [2.75, 3.05) is 17.5 Å². The van der Waals surface area contributed by atoms with Crippen LogP contribution in [0.1, 0.15) is 55.3 Å². The van der Waals surface area contributed by atoms with Gasteiger partial charge in [0, 0.05) is 41.3 Å². The second kappa shape index (κ2) is 15.8. The highest BCUT2D eigenvalue weighted by Crippen LogP contribution is 2.62. The van der Waals surface area contributed by atoms with Crippen LogP contribution in [0, 0.1) is 35.3 Å². The number of amides is 1. The van der Waals surface area contributed by atoms with E-state index in [1.54, 1.807) is 0 Å². The van der Waals surface area contributed by atoms with Crippen LogP contribution in [0.4, 0.5) is 36.6 Å². The number of alkyl halides is 6. The van der Waals surface area contributed by atoms with Crippen molar-refractivity contribution in [3.63, 3.8) is 0 Å². The molecule has 1 unspecified atom stereocenters. The van der Waals surface area contributed by atoms with Crippen molar-refractivity contribution in [2.45, 2.75) is 54.9 Å². The first-order valence-corrected chi connectivity index (χ1v) is 20.6. The number of anilines is 1. The van der Waals surface area contributed by atoms with Gasteiger partial charge in [-0.1, -0.05) is 18.1 Å². The molecule has 308 valence electrons. The second-order valence-corrected chi connectivity index (χ2v) is 17.4. The van der Waals surface area contributed by atoms with Crippen molar-refractivity contribution in [1.82, 2.24) is 20.1 Å². The fourth-order valence-electron chi connectivity index (χ4n) is 7.02. The molecule has 2 fully saturated rings. The van der Waals surface area contributed by atoms with Gasteiger partial charge in [-0.3, -0.25) is 19.2 Å². The number of hydrogen-bond donors (Lipinski definition) is 4. The van der Waals surface area contributed by atoms with Crippen molar-refractivity contribution >= 4 is 61.0 Å². The lowest BCUT2D eigenvalue weighted by atomic mass is 9.92. The number of carbonyl (C=O) groups excluding carboxylic acids is 1. The van der Waals surface area contributed by atoms with E-state index in [0.717, 1.165) is 29.1 Å². The number of aliphatic hydroxyl groups is 1. The maximum absolute atomic E-state index is 15.4. The molecule has 2 aliphatic rings. The topological polar surface area (TPSA) is 165 Å². The number of carbonyl (C=O) groups is 1. The van der Waals surface area contributed by atoms with Crippen LogP contribution in [-0.2, 0) is 28.3 Å². The molecule has 2 aromatic carbocycles. The van der Waals surface area contributed by atoms with Gasteiger partial charge < -0.3 is 16.2 Å². The smallest absolute Gasteiger partial charge is 0.292 e. The second-order valence-electron chi connectivity index (χ2n) is 14.5. The first-order valence-electron chi connectivity index (χ1n) is 17.4. The van der Waals surface area contributed by atoms with Crippen LogP contribution >= 0.6 is 22.6 Å². The van der Waals surface area contributed by atoms with Crippen molar-refractivity contribution < 1.29 is 49.1 Å². The number of aliphatic imine (C=N–C) groups is 1. The maximum Gasteiger partial charge on any atom is 0.292 e. The molecule has 6 rings (SSSR count). The van der Waals surface area contributed by atoms with Gasteiger partial charge in [0.25, 0.3) is 12.3 Å². The summed E-state index contributed by atoms with van der Waals surface area (Å²) >= 11 is 1.34. The van der Waals surface area contributed by atoms with Gasteiger partial charge in [0.05, 0.1) is 34.6 Å². The minimum atomic E-state index is -4.02. The number of aryl methyl sites for hydroxylation is 1. The molecule has 2 saturated carbocycles. The Morgan fingerprint density at radius 3 is 2.40 bits per heavy atom. The predicted octanol–water partition coefficient (Wildman–Crippen LogP) is 6.41. The zero-order valence-electron chi connectivity index (χ0n) is 31.0. The monoisotopic (exact) mass is 945 g/mol. The van der Waals surface area contributed by atoms with E-state index in [2.05, 4.69) is 37.0 Å². The van der Waals surface area contributed by atoms with Crippen molar-refractivity contribution in [3.05, 3.63) is 87.9 Å². The van der Waals surface area contributed by atoms with Crippen LogP contribution in [0.5, 0.6) is 0 Å². The largest absolute Gasteiger partial charge is 0.399 e. The van der Waals surface area contributed by atoms with Gasteiger partial charge in [-0.25, -0.2) is 35.4 Å². The van der Waals surface area contributed by atoms with Crippen LogP contribution in [0.3, 0.4) is 0 Å². The number of aromatic nitrogens is 3. The molecule has 4 atom stereocenters.